The lowest BCUT2D eigenvalue weighted by Gasteiger charge is -2.15. The van der Waals surface area contributed by atoms with Gasteiger partial charge in [-0.15, -0.1) is 0 Å². The molecule has 0 aliphatic carbocycles. The molecule has 0 N–H and O–H groups in total. The molecule has 3 nitrogen and oxygen atoms in total. The fourth-order valence-electron chi connectivity index (χ4n) is 1.11. The van der Waals surface area contributed by atoms with Crippen molar-refractivity contribution in [1.29, 1.82) is 0 Å². The first kappa shape index (κ1) is 15.9. The first-order valence-electron chi connectivity index (χ1n) is 6.22. The lowest BCUT2D eigenvalue weighted by atomic mass is 9.97. The molecule has 0 fully saturated rings. The van der Waals surface area contributed by atoms with E-state index in [9.17, 15) is 9.59 Å². The Bertz CT molecular complexity index is 295. The molecule has 0 bridgehead atoms. The number of ether oxygens (including phenoxy) is 1. The highest BCUT2D eigenvalue weighted by Crippen LogP contribution is 2.16. The highest BCUT2D eigenvalue weighted by atomic mass is 16.6. The van der Waals surface area contributed by atoms with Crippen LogP contribution in [0, 0.1) is 5.41 Å². The summed E-state index contributed by atoms with van der Waals surface area (Å²) in [7, 11) is 0. The lowest BCUT2D eigenvalue weighted by molar-refractivity contribution is -0.163. The van der Waals surface area contributed by atoms with Crippen molar-refractivity contribution in [3.63, 3.8) is 0 Å². The zero-order valence-corrected chi connectivity index (χ0v) is 11.6. The van der Waals surface area contributed by atoms with E-state index in [4.69, 9.17) is 4.74 Å². The Kier molecular flexibility index (Phi) is 6.78. The molecule has 17 heavy (non-hydrogen) atoms. The van der Waals surface area contributed by atoms with Gasteiger partial charge in [-0.05, 0) is 40.5 Å². The molecule has 0 aliphatic rings. The predicted molar refractivity (Wildman–Crippen MR) is 68.5 cm³/mol. The molecule has 0 aromatic carbocycles. The summed E-state index contributed by atoms with van der Waals surface area (Å²) in [5.41, 5.74) is -0.128. The molecular formula is C14H24O3. The van der Waals surface area contributed by atoms with Gasteiger partial charge in [0.1, 0.15) is 0 Å². The minimum atomic E-state index is -0.641. The van der Waals surface area contributed by atoms with Gasteiger partial charge in [-0.1, -0.05) is 25.8 Å². The molecule has 0 radical (unpaired) electrons. The van der Waals surface area contributed by atoms with Gasteiger partial charge in [-0.3, -0.25) is 4.79 Å². The fourth-order valence-corrected chi connectivity index (χ4v) is 1.11. The molecule has 3 heteroatoms. The van der Waals surface area contributed by atoms with Crippen molar-refractivity contribution in [3.8, 4) is 0 Å². The van der Waals surface area contributed by atoms with E-state index in [0.29, 0.717) is 5.57 Å². The summed E-state index contributed by atoms with van der Waals surface area (Å²) in [5, 5.41) is 0. The van der Waals surface area contributed by atoms with Crippen LogP contribution in [-0.4, -0.2) is 11.9 Å². The average Bonchev–Trinajstić information content (AvgIpc) is 2.22. The summed E-state index contributed by atoms with van der Waals surface area (Å²) < 4.78 is 4.79. The molecule has 0 heterocycles. The van der Waals surface area contributed by atoms with E-state index in [1.54, 1.807) is 27.7 Å². The van der Waals surface area contributed by atoms with E-state index in [1.807, 2.05) is 6.08 Å². The largest absolute Gasteiger partial charge is 0.389 e. The Labute approximate surface area is 104 Å². The Hall–Kier alpha value is -1.12. The highest BCUT2D eigenvalue weighted by Gasteiger charge is 2.25. The molecule has 0 unspecified atom stereocenters. The number of carbonyl (C=O) groups excluding carboxylic acids is 2. The Morgan fingerprint density at radius 1 is 1.18 bits per heavy atom. The van der Waals surface area contributed by atoms with Gasteiger partial charge >= 0.3 is 11.9 Å². The lowest BCUT2D eigenvalue weighted by Crippen LogP contribution is -2.26. The molecule has 0 atom stereocenters. The van der Waals surface area contributed by atoms with Gasteiger partial charge in [0.15, 0.2) is 0 Å². The monoisotopic (exact) mass is 240 g/mol. The minimum Gasteiger partial charge on any atom is -0.389 e. The standard InChI is InChI=1S/C14H24O3/c1-6-7-8-9-10-11(2)12(15)17-13(16)14(3,4)5/h10H,6-9H2,1-5H3. The average molecular weight is 240 g/mol. The SMILES string of the molecule is CCCCCC=C(C)C(=O)OC(=O)C(C)(C)C. The maximum Gasteiger partial charge on any atom is 0.341 e. The van der Waals surface area contributed by atoms with Gasteiger partial charge in [-0.2, -0.15) is 0 Å². The molecule has 0 rings (SSSR count). The summed E-state index contributed by atoms with van der Waals surface area (Å²) in [6.45, 7) is 8.99. The van der Waals surface area contributed by atoms with E-state index in [-0.39, 0.29) is 0 Å². The Morgan fingerprint density at radius 2 is 1.76 bits per heavy atom. The summed E-state index contributed by atoms with van der Waals surface area (Å²) in [6.07, 6.45) is 6.07. The van der Waals surface area contributed by atoms with Crippen LogP contribution < -0.4 is 0 Å². The molecule has 0 aromatic rings. The second-order valence-electron chi connectivity index (χ2n) is 5.31. The van der Waals surface area contributed by atoms with Crippen LogP contribution in [0.2, 0.25) is 0 Å². The number of hydrogen-bond acceptors (Lipinski definition) is 3. The number of hydrogen-bond donors (Lipinski definition) is 0. The van der Waals surface area contributed by atoms with E-state index in [1.165, 1.54) is 0 Å². The van der Waals surface area contributed by atoms with Crippen LogP contribution in [0.15, 0.2) is 11.6 Å². The minimum absolute atomic E-state index is 0.483. The van der Waals surface area contributed by atoms with Crippen LogP contribution in [0.4, 0.5) is 0 Å². The van der Waals surface area contributed by atoms with E-state index in [0.717, 1.165) is 25.7 Å². The highest BCUT2D eigenvalue weighted by molar-refractivity contribution is 5.97. The van der Waals surface area contributed by atoms with Crippen LogP contribution in [-0.2, 0) is 14.3 Å². The summed E-state index contributed by atoms with van der Waals surface area (Å²) in [4.78, 5) is 23.0. The Morgan fingerprint density at radius 3 is 2.24 bits per heavy atom. The van der Waals surface area contributed by atoms with E-state index >= 15 is 0 Å². The Balaban J connectivity index is 4.18. The van der Waals surface area contributed by atoms with E-state index < -0.39 is 17.4 Å². The van der Waals surface area contributed by atoms with Crippen molar-refractivity contribution in [1.82, 2.24) is 0 Å². The molecular weight excluding hydrogens is 216 g/mol. The number of unbranched alkanes of at least 4 members (excludes halogenated alkanes) is 3. The number of esters is 2. The molecule has 0 aliphatic heterocycles. The van der Waals surface area contributed by atoms with Gasteiger partial charge in [0, 0.05) is 5.57 Å². The van der Waals surface area contributed by atoms with Crippen molar-refractivity contribution in [2.75, 3.05) is 0 Å². The molecule has 0 spiro atoms. The predicted octanol–water partition coefficient (Wildman–Crippen LogP) is 3.63. The van der Waals surface area contributed by atoms with Crippen molar-refractivity contribution >= 4 is 11.9 Å². The number of allylic oxidation sites excluding steroid dienone is 1. The third kappa shape index (κ3) is 6.93. The van der Waals surface area contributed by atoms with E-state index in [2.05, 4.69) is 6.92 Å². The van der Waals surface area contributed by atoms with Crippen LogP contribution in [0.5, 0.6) is 0 Å². The second kappa shape index (κ2) is 7.25. The van der Waals surface area contributed by atoms with Crippen LogP contribution in [0.25, 0.3) is 0 Å². The summed E-state index contributed by atoms with van der Waals surface area (Å²) in [6, 6.07) is 0. The van der Waals surface area contributed by atoms with Gasteiger partial charge < -0.3 is 4.74 Å². The first-order chi connectivity index (χ1) is 7.79. The fraction of sp³-hybridized carbons (Fsp3) is 0.714. The molecule has 0 saturated carbocycles. The second-order valence-corrected chi connectivity index (χ2v) is 5.31. The molecule has 0 saturated heterocycles. The van der Waals surface area contributed by atoms with Gasteiger partial charge in [0.25, 0.3) is 0 Å². The summed E-state index contributed by atoms with van der Waals surface area (Å²) in [5.74, 6) is -1.01. The number of rotatable bonds is 5. The molecule has 98 valence electrons. The zero-order chi connectivity index (χ0) is 13.5. The van der Waals surface area contributed by atoms with Gasteiger partial charge in [0.2, 0.25) is 0 Å². The van der Waals surface area contributed by atoms with Crippen molar-refractivity contribution in [2.45, 2.75) is 60.3 Å². The van der Waals surface area contributed by atoms with Crippen LogP contribution in [0.3, 0.4) is 0 Å². The van der Waals surface area contributed by atoms with Crippen molar-refractivity contribution in [3.05, 3.63) is 11.6 Å². The normalized spacial score (nSPS) is 12.4. The van der Waals surface area contributed by atoms with Gasteiger partial charge in [-0.25, -0.2) is 4.79 Å². The quantitative estimate of drug-likeness (QED) is 0.319. The maximum atomic E-state index is 11.6. The first-order valence-corrected chi connectivity index (χ1v) is 6.22. The third-order valence-electron chi connectivity index (χ3n) is 2.38. The topological polar surface area (TPSA) is 43.4 Å². The maximum absolute atomic E-state index is 11.6. The van der Waals surface area contributed by atoms with Crippen LogP contribution in [0.1, 0.15) is 60.3 Å². The third-order valence-corrected chi connectivity index (χ3v) is 2.38. The van der Waals surface area contributed by atoms with Crippen LogP contribution >= 0.6 is 0 Å². The molecule has 0 aromatic heterocycles. The number of carbonyl (C=O) groups is 2. The van der Waals surface area contributed by atoms with Gasteiger partial charge in [0.05, 0.1) is 5.41 Å². The van der Waals surface area contributed by atoms with Crippen molar-refractivity contribution in [2.24, 2.45) is 5.41 Å². The van der Waals surface area contributed by atoms with Crippen molar-refractivity contribution < 1.29 is 14.3 Å². The zero-order valence-electron chi connectivity index (χ0n) is 11.6. The summed E-state index contributed by atoms with van der Waals surface area (Å²) >= 11 is 0. The smallest absolute Gasteiger partial charge is 0.341 e. The molecule has 0 amide bonds.